The number of H-pyrrole nitrogens is 2. The number of nitrogens with zero attached hydrogens (tertiary/aromatic N) is 2. The molecule has 1 aromatic heterocycles. The highest BCUT2D eigenvalue weighted by Crippen LogP contribution is 2.45. The second-order valence-corrected chi connectivity index (χ2v) is 9.15. The van der Waals surface area contributed by atoms with E-state index in [1.54, 1.807) is 12.1 Å². The standard InChI is InChI=1S/C27H27N5O4/c1-15-7-5-6-8-23(15)32-27(3,30-20-12-10-18(36-4)14-19(20)25(33)34)24(16(2)31-32)17-9-11-21-22(13-17)29-26(35)28-21/h5-14,24,30H,1-4H3,(H,33,34)(H2,28,29,35). The highest BCUT2D eigenvalue weighted by molar-refractivity contribution is 5.98. The number of hydrazone groups is 1. The molecule has 1 aliphatic rings. The van der Waals surface area contributed by atoms with E-state index in [0.717, 1.165) is 22.5 Å². The molecule has 0 amide bonds. The van der Waals surface area contributed by atoms with Crippen molar-refractivity contribution in [3.8, 4) is 5.75 Å². The lowest BCUT2D eigenvalue weighted by Gasteiger charge is -2.41. The average Bonchev–Trinajstić information content (AvgIpc) is 3.34. The quantitative estimate of drug-likeness (QED) is 0.315. The SMILES string of the molecule is COc1ccc(NC2(C)C(c3ccc4[nH]c(=O)[nH]c4c3)C(C)=NN2c2ccccc2C)c(C(=O)O)c1. The van der Waals surface area contributed by atoms with Gasteiger partial charge in [-0.25, -0.2) is 14.6 Å². The first kappa shape index (κ1) is 23.2. The number of aromatic amines is 2. The summed E-state index contributed by atoms with van der Waals surface area (Å²) in [5.41, 5.74) is 4.47. The molecule has 0 bridgehead atoms. The van der Waals surface area contributed by atoms with Crippen LogP contribution in [0.25, 0.3) is 11.0 Å². The van der Waals surface area contributed by atoms with Crippen LogP contribution in [0.3, 0.4) is 0 Å². The number of aryl methyl sites for hydroxylation is 1. The molecule has 1 aliphatic heterocycles. The molecular weight excluding hydrogens is 458 g/mol. The van der Waals surface area contributed by atoms with Crippen LogP contribution < -0.4 is 20.8 Å². The number of ether oxygens (including phenoxy) is 1. The van der Waals surface area contributed by atoms with Gasteiger partial charge < -0.3 is 25.1 Å². The fourth-order valence-corrected chi connectivity index (χ4v) is 5.08. The Hall–Kier alpha value is -4.53. The van der Waals surface area contributed by atoms with Gasteiger partial charge in [0.15, 0.2) is 0 Å². The molecule has 36 heavy (non-hydrogen) atoms. The van der Waals surface area contributed by atoms with E-state index in [0.29, 0.717) is 22.5 Å². The lowest BCUT2D eigenvalue weighted by molar-refractivity contribution is 0.0697. The predicted octanol–water partition coefficient (Wildman–Crippen LogP) is 4.68. The molecule has 184 valence electrons. The van der Waals surface area contributed by atoms with Gasteiger partial charge in [-0.3, -0.25) is 0 Å². The number of aromatic carboxylic acids is 1. The molecule has 5 rings (SSSR count). The van der Waals surface area contributed by atoms with Crippen LogP contribution >= 0.6 is 0 Å². The zero-order valence-electron chi connectivity index (χ0n) is 20.4. The van der Waals surface area contributed by atoms with Gasteiger partial charge in [-0.15, -0.1) is 0 Å². The number of carbonyl (C=O) groups is 1. The van der Waals surface area contributed by atoms with Crippen molar-refractivity contribution in [3.05, 3.63) is 87.8 Å². The van der Waals surface area contributed by atoms with E-state index in [1.807, 2.05) is 68.2 Å². The summed E-state index contributed by atoms with van der Waals surface area (Å²) in [6.45, 7) is 5.98. The Morgan fingerprint density at radius 3 is 2.56 bits per heavy atom. The number of methoxy groups -OCH3 is 1. The smallest absolute Gasteiger partial charge is 0.337 e. The minimum Gasteiger partial charge on any atom is -0.497 e. The number of rotatable bonds is 6. The third-order valence-corrected chi connectivity index (χ3v) is 6.74. The maximum atomic E-state index is 12.2. The molecule has 2 unspecified atom stereocenters. The van der Waals surface area contributed by atoms with E-state index < -0.39 is 11.6 Å². The van der Waals surface area contributed by atoms with Gasteiger partial charge in [-0.2, -0.15) is 5.10 Å². The van der Waals surface area contributed by atoms with Crippen LogP contribution in [-0.4, -0.2) is 39.5 Å². The third kappa shape index (κ3) is 3.78. The first-order chi connectivity index (χ1) is 17.2. The summed E-state index contributed by atoms with van der Waals surface area (Å²) >= 11 is 0. The number of benzene rings is 3. The van der Waals surface area contributed by atoms with Gasteiger partial charge >= 0.3 is 11.7 Å². The van der Waals surface area contributed by atoms with Crippen molar-refractivity contribution in [2.24, 2.45) is 5.10 Å². The lowest BCUT2D eigenvalue weighted by atomic mass is 9.83. The molecule has 2 atom stereocenters. The summed E-state index contributed by atoms with van der Waals surface area (Å²) in [4.78, 5) is 29.6. The van der Waals surface area contributed by atoms with Gasteiger partial charge in [0, 0.05) is 5.71 Å². The van der Waals surface area contributed by atoms with E-state index in [9.17, 15) is 14.7 Å². The monoisotopic (exact) mass is 485 g/mol. The number of nitrogens with one attached hydrogen (secondary N) is 3. The largest absolute Gasteiger partial charge is 0.497 e. The number of hydrogen-bond acceptors (Lipinski definition) is 6. The second-order valence-electron chi connectivity index (χ2n) is 9.15. The van der Waals surface area contributed by atoms with Gasteiger partial charge in [-0.1, -0.05) is 24.3 Å². The van der Waals surface area contributed by atoms with Gasteiger partial charge in [0.25, 0.3) is 0 Å². The van der Waals surface area contributed by atoms with E-state index in [2.05, 4.69) is 15.3 Å². The van der Waals surface area contributed by atoms with Crippen molar-refractivity contribution < 1.29 is 14.6 Å². The molecule has 3 aromatic carbocycles. The van der Waals surface area contributed by atoms with Crippen molar-refractivity contribution >= 4 is 34.1 Å². The summed E-state index contributed by atoms with van der Waals surface area (Å²) < 4.78 is 5.26. The van der Waals surface area contributed by atoms with Crippen LogP contribution in [0.5, 0.6) is 5.75 Å². The average molecular weight is 486 g/mol. The molecule has 0 fully saturated rings. The van der Waals surface area contributed by atoms with Gasteiger partial charge in [0.05, 0.1) is 41.0 Å². The molecule has 9 nitrogen and oxygen atoms in total. The summed E-state index contributed by atoms with van der Waals surface area (Å²) in [7, 11) is 1.50. The van der Waals surface area contributed by atoms with Gasteiger partial charge in [-0.05, 0) is 68.3 Å². The van der Waals surface area contributed by atoms with Crippen LogP contribution in [0.1, 0.15) is 41.3 Å². The van der Waals surface area contributed by atoms with Gasteiger partial charge in [0.1, 0.15) is 11.4 Å². The number of anilines is 2. The Morgan fingerprint density at radius 2 is 1.83 bits per heavy atom. The van der Waals surface area contributed by atoms with Crippen molar-refractivity contribution in [1.82, 2.24) is 9.97 Å². The van der Waals surface area contributed by atoms with Crippen molar-refractivity contribution in [1.29, 1.82) is 0 Å². The number of imidazole rings is 1. The molecule has 0 radical (unpaired) electrons. The molecule has 0 aliphatic carbocycles. The van der Waals surface area contributed by atoms with E-state index in [1.165, 1.54) is 13.2 Å². The Bertz CT molecular complexity index is 1570. The number of para-hydroxylation sites is 1. The fraction of sp³-hybridized carbons (Fsp3) is 0.222. The number of aromatic nitrogens is 2. The number of hydrogen-bond donors (Lipinski definition) is 4. The molecule has 0 saturated carbocycles. The normalized spacial score (nSPS) is 19.4. The molecule has 4 N–H and O–H groups in total. The fourth-order valence-electron chi connectivity index (χ4n) is 5.08. The van der Waals surface area contributed by atoms with Crippen LogP contribution in [0.4, 0.5) is 11.4 Å². The first-order valence-corrected chi connectivity index (χ1v) is 11.5. The van der Waals surface area contributed by atoms with Crippen LogP contribution in [0.2, 0.25) is 0 Å². The van der Waals surface area contributed by atoms with Crippen molar-refractivity contribution in [2.75, 3.05) is 17.4 Å². The molecule has 9 heteroatoms. The summed E-state index contributed by atoms with van der Waals surface area (Å²) in [5, 5.41) is 20.3. The van der Waals surface area contributed by atoms with Crippen molar-refractivity contribution in [2.45, 2.75) is 32.4 Å². The number of carboxylic acids is 1. The molecule has 4 aromatic rings. The number of fused-ring (bicyclic) bond motifs is 1. The zero-order valence-corrected chi connectivity index (χ0v) is 20.4. The summed E-state index contributed by atoms with van der Waals surface area (Å²) in [6, 6.07) is 18.6. The molecule has 0 saturated heterocycles. The topological polar surface area (TPSA) is 123 Å². The van der Waals surface area contributed by atoms with E-state index >= 15 is 0 Å². The Balaban J connectivity index is 1.69. The zero-order chi connectivity index (χ0) is 25.6. The molecular formula is C27H27N5O4. The Labute approximate surface area is 207 Å². The van der Waals surface area contributed by atoms with E-state index in [4.69, 9.17) is 9.84 Å². The first-order valence-electron chi connectivity index (χ1n) is 11.5. The maximum Gasteiger partial charge on any atom is 0.337 e. The van der Waals surface area contributed by atoms with Crippen LogP contribution in [0, 0.1) is 6.92 Å². The van der Waals surface area contributed by atoms with E-state index in [-0.39, 0.29) is 17.2 Å². The lowest BCUT2D eigenvalue weighted by Crippen LogP contribution is -2.52. The predicted molar refractivity (Wildman–Crippen MR) is 140 cm³/mol. The summed E-state index contributed by atoms with van der Waals surface area (Å²) in [6.07, 6.45) is 0. The Kier molecular flexibility index (Phi) is 5.55. The minimum absolute atomic E-state index is 0.0917. The molecule has 2 heterocycles. The highest BCUT2D eigenvalue weighted by Gasteiger charge is 2.48. The van der Waals surface area contributed by atoms with Crippen LogP contribution in [0.15, 0.2) is 70.6 Å². The molecule has 0 spiro atoms. The van der Waals surface area contributed by atoms with Crippen molar-refractivity contribution in [3.63, 3.8) is 0 Å². The Morgan fingerprint density at radius 1 is 1.08 bits per heavy atom. The third-order valence-electron chi connectivity index (χ3n) is 6.74. The second kappa shape index (κ2) is 8.60. The maximum absolute atomic E-state index is 12.2. The van der Waals surface area contributed by atoms with Crippen LogP contribution in [-0.2, 0) is 0 Å². The minimum atomic E-state index is -1.07. The summed E-state index contributed by atoms with van der Waals surface area (Å²) in [5.74, 6) is -0.888. The highest BCUT2D eigenvalue weighted by atomic mass is 16.5. The van der Waals surface area contributed by atoms with Gasteiger partial charge in [0.2, 0.25) is 0 Å². The number of carboxylic acid groups (broad SMARTS) is 1.